The second kappa shape index (κ2) is 7.31. The van der Waals surface area contributed by atoms with Gasteiger partial charge in [0, 0.05) is 24.5 Å². The second-order valence-corrected chi connectivity index (χ2v) is 5.49. The normalized spacial score (nSPS) is 12.0. The van der Waals surface area contributed by atoms with Crippen molar-refractivity contribution in [2.45, 2.75) is 25.8 Å². The van der Waals surface area contributed by atoms with Crippen LogP contribution in [0.5, 0.6) is 5.75 Å². The lowest BCUT2D eigenvalue weighted by Gasteiger charge is -2.19. The minimum absolute atomic E-state index is 0.152. The lowest BCUT2D eigenvalue weighted by atomic mass is 10.1. The molecule has 1 atom stereocenters. The van der Waals surface area contributed by atoms with Crippen molar-refractivity contribution in [3.63, 3.8) is 0 Å². The molecule has 2 aromatic rings. The van der Waals surface area contributed by atoms with E-state index in [9.17, 15) is 4.79 Å². The molecule has 1 N–H and O–H groups in total. The first kappa shape index (κ1) is 16.4. The fraction of sp³-hybridized carbons (Fsp3) is 0.375. The molecule has 0 aliphatic heterocycles. The van der Waals surface area contributed by atoms with E-state index in [2.05, 4.69) is 17.2 Å². The number of ether oxygens (including phenoxy) is 1. The number of carbonyl (C=O) groups excluding carboxylic acids is 1. The van der Waals surface area contributed by atoms with Crippen molar-refractivity contribution in [1.29, 1.82) is 0 Å². The SMILES string of the molecule is CCC[C@@H](NC(=O)c1cc(Cl)ccc1OC)c1nccn1C. The maximum atomic E-state index is 12.6. The Labute approximate surface area is 135 Å². The van der Waals surface area contributed by atoms with E-state index in [0.717, 1.165) is 18.7 Å². The van der Waals surface area contributed by atoms with Crippen molar-refractivity contribution in [3.8, 4) is 5.75 Å². The van der Waals surface area contributed by atoms with Crippen molar-refractivity contribution < 1.29 is 9.53 Å². The molecule has 1 aromatic carbocycles. The molecule has 5 nitrogen and oxygen atoms in total. The largest absolute Gasteiger partial charge is 0.496 e. The van der Waals surface area contributed by atoms with Gasteiger partial charge in [0.05, 0.1) is 18.7 Å². The Hall–Kier alpha value is -2.01. The number of nitrogens with one attached hydrogen (secondary N) is 1. The highest BCUT2D eigenvalue weighted by Crippen LogP contribution is 2.24. The Kier molecular flexibility index (Phi) is 5.44. The third-order valence-corrected chi connectivity index (χ3v) is 3.69. The number of aromatic nitrogens is 2. The summed E-state index contributed by atoms with van der Waals surface area (Å²) >= 11 is 5.99. The quantitative estimate of drug-likeness (QED) is 0.887. The van der Waals surface area contributed by atoms with Crippen molar-refractivity contribution in [2.24, 2.45) is 7.05 Å². The van der Waals surface area contributed by atoms with Crippen LogP contribution in [0.2, 0.25) is 5.02 Å². The van der Waals surface area contributed by atoms with E-state index in [1.54, 1.807) is 24.4 Å². The summed E-state index contributed by atoms with van der Waals surface area (Å²) in [6.07, 6.45) is 5.33. The van der Waals surface area contributed by atoms with Gasteiger partial charge in [-0.1, -0.05) is 24.9 Å². The number of methoxy groups -OCH3 is 1. The summed E-state index contributed by atoms with van der Waals surface area (Å²) in [6, 6.07) is 4.84. The second-order valence-electron chi connectivity index (χ2n) is 5.06. The minimum atomic E-state index is -0.221. The molecule has 22 heavy (non-hydrogen) atoms. The van der Waals surface area contributed by atoms with Crippen molar-refractivity contribution in [3.05, 3.63) is 47.0 Å². The zero-order chi connectivity index (χ0) is 16.1. The van der Waals surface area contributed by atoms with Crippen LogP contribution < -0.4 is 10.1 Å². The molecule has 6 heteroatoms. The van der Waals surface area contributed by atoms with Crippen molar-refractivity contribution >= 4 is 17.5 Å². The van der Waals surface area contributed by atoms with Gasteiger partial charge in [-0.3, -0.25) is 4.79 Å². The van der Waals surface area contributed by atoms with Crippen LogP contribution in [-0.2, 0) is 7.05 Å². The Morgan fingerprint density at radius 3 is 2.86 bits per heavy atom. The monoisotopic (exact) mass is 321 g/mol. The fourth-order valence-corrected chi connectivity index (χ4v) is 2.53. The molecule has 2 rings (SSSR count). The summed E-state index contributed by atoms with van der Waals surface area (Å²) in [5.41, 5.74) is 0.422. The summed E-state index contributed by atoms with van der Waals surface area (Å²) in [4.78, 5) is 16.9. The third kappa shape index (κ3) is 3.60. The molecule has 0 aliphatic rings. The summed E-state index contributed by atoms with van der Waals surface area (Å²) in [5.74, 6) is 1.11. The fourth-order valence-electron chi connectivity index (χ4n) is 2.36. The third-order valence-electron chi connectivity index (χ3n) is 3.46. The van der Waals surface area contributed by atoms with E-state index in [1.807, 2.05) is 17.8 Å². The van der Waals surface area contributed by atoms with E-state index in [1.165, 1.54) is 7.11 Å². The Bertz CT molecular complexity index is 655. The molecule has 0 radical (unpaired) electrons. The van der Waals surface area contributed by atoms with Gasteiger partial charge >= 0.3 is 0 Å². The van der Waals surface area contributed by atoms with Crippen LogP contribution in [0.25, 0.3) is 0 Å². The maximum absolute atomic E-state index is 12.6. The number of rotatable bonds is 6. The molecule has 0 spiro atoms. The molecule has 1 amide bonds. The van der Waals surface area contributed by atoms with Crippen LogP contribution in [0.1, 0.15) is 42.0 Å². The lowest BCUT2D eigenvalue weighted by Crippen LogP contribution is -2.30. The zero-order valence-electron chi connectivity index (χ0n) is 13.0. The highest BCUT2D eigenvalue weighted by atomic mass is 35.5. The van der Waals surface area contributed by atoms with Gasteiger partial charge in [0.15, 0.2) is 0 Å². The summed E-state index contributed by atoms with van der Waals surface area (Å²) in [7, 11) is 3.44. The van der Waals surface area contributed by atoms with Crippen LogP contribution in [-0.4, -0.2) is 22.6 Å². The first-order valence-corrected chi connectivity index (χ1v) is 7.56. The van der Waals surface area contributed by atoms with Crippen LogP contribution in [0.4, 0.5) is 0 Å². The highest BCUT2D eigenvalue weighted by molar-refractivity contribution is 6.31. The Morgan fingerprint density at radius 2 is 2.27 bits per heavy atom. The van der Waals surface area contributed by atoms with Gasteiger partial charge in [-0.15, -0.1) is 0 Å². The smallest absolute Gasteiger partial charge is 0.255 e. The van der Waals surface area contributed by atoms with E-state index in [-0.39, 0.29) is 11.9 Å². The average molecular weight is 322 g/mol. The number of hydrogen-bond acceptors (Lipinski definition) is 3. The molecular weight excluding hydrogens is 302 g/mol. The predicted octanol–water partition coefficient (Wildman–Crippen LogP) is 3.35. The Morgan fingerprint density at radius 1 is 1.50 bits per heavy atom. The number of halogens is 1. The van der Waals surface area contributed by atoms with E-state index in [0.29, 0.717) is 16.3 Å². The van der Waals surface area contributed by atoms with Gasteiger partial charge in [0.2, 0.25) is 0 Å². The number of imidazole rings is 1. The molecule has 1 heterocycles. The number of carbonyl (C=O) groups is 1. The molecule has 118 valence electrons. The number of nitrogens with zero attached hydrogens (tertiary/aromatic N) is 2. The number of benzene rings is 1. The summed E-state index contributed by atoms with van der Waals surface area (Å²) < 4.78 is 7.15. The van der Waals surface area contributed by atoms with Crippen LogP contribution >= 0.6 is 11.6 Å². The standard InChI is InChI=1S/C16H20ClN3O2/c1-4-5-13(15-18-8-9-20(15)2)19-16(21)12-10-11(17)6-7-14(12)22-3/h6-10,13H,4-5H2,1-3H3,(H,19,21)/t13-/m1/s1. The van der Waals surface area contributed by atoms with Crippen LogP contribution in [0.15, 0.2) is 30.6 Å². The van der Waals surface area contributed by atoms with E-state index in [4.69, 9.17) is 16.3 Å². The number of aryl methyl sites for hydroxylation is 1. The molecular formula is C16H20ClN3O2. The molecule has 0 bridgehead atoms. The van der Waals surface area contributed by atoms with Gasteiger partial charge in [-0.2, -0.15) is 0 Å². The number of hydrogen-bond donors (Lipinski definition) is 1. The maximum Gasteiger partial charge on any atom is 0.255 e. The molecule has 0 saturated heterocycles. The summed E-state index contributed by atoms with van der Waals surface area (Å²) in [5, 5.41) is 3.51. The number of amides is 1. The highest BCUT2D eigenvalue weighted by Gasteiger charge is 2.20. The van der Waals surface area contributed by atoms with Crippen molar-refractivity contribution in [1.82, 2.24) is 14.9 Å². The summed E-state index contributed by atoms with van der Waals surface area (Å²) in [6.45, 7) is 2.07. The first-order valence-electron chi connectivity index (χ1n) is 7.18. The van der Waals surface area contributed by atoms with Gasteiger partial charge < -0.3 is 14.6 Å². The average Bonchev–Trinajstić information content (AvgIpc) is 2.92. The van der Waals surface area contributed by atoms with Crippen LogP contribution in [0.3, 0.4) is 0 Å². The molecule has 0 saturated carbocycles. The van der Waals surface area contributed by atoms with Gasteiger partial charge in [0.1, 0.15) is 11.6 Å². The predicted molar refractivity (Wildman–Crippen MR) is 86.3 cm³/mol. The molecule has 0 unspecified atom stereocenters. The molecule has 0 aliphatic carbocycles. The van der Waals surface area contributed by atoms with Gasteiger partial charge in [-0.25, -0.2) is 4.98 Å². The molecule has 1 aromatic heterocycles. The zero-order valence-corrected chi connectivity index (χ0v) is 13.7. The first-order chi connectivity index (χ1) is 10.6. The van der Waals surface area contributed by atoms with Crippen molar-refractivity contribution in [2.75, 3.05) is 7.11 Å². The molecule has 0 fully saturated rings. The van der Waals surface area contributed by atoms with Gasteiger partial charge in [0.25, 0.3) is 5.91 Å². The van der Waals surface area contributed by atoms with Gasteiger partial charge in [-0.05, 0) is 24.6 Å². The Balaban J connectivity index is 2.25. The minimum Gasteiger partial charge on any atom is -0.496 e. The van der Waals surface area contributed by atoms with E-state index >= 15 is 0 Å². The lowest BCUT2D eigenvalue weighted by molar-refractivity contribution is 0.0929. The van der Waals surface area contributed by atoms with Crippen LogP contribution in [0, 0.1) is 0 Å². The topological polar surface area (TPSA) is 56.1 Å². The van der Waals surface area contributed by atoms with E-state index < -0.39 is 0 Å².